The van der Waals surface area contributed by atoms with E-state index in [0.717, 1.165) is 23.8 Å². The molecule has 122 valence electrons. The molecule has 0 fully saturated rings. The van der Waals surface area contributed by atoms with Crippen molar-refractivity contribution in [2.45, 2.75) is 44.4 Å². The first kappa shape index (κ1) is 18.2. The van der Waals surface area contributed by atoms with Crippen LogP contribution < -0.4 is 11.5 Å². The Labute approximate surface area is 131 Å². The number of carbonyl (C=O) groups is 1. The van der Waals surface area contributed by atoms with Crippen molar-refractivity contribution in [1.82, 2.24) is 0 Å². The fraction of sp³-hybridized carbons (Fsp3) is 0.467. The van der Waals surface area contributed by atoms with E-state index in [1.807, 2.05) is 20.8 Å². The summed E-state index contributed by atoms with van der Waals surface area (Å²) in [7, 11) is -3.46. The van der Waals surface area contributed by atoms with Crippen molar-refractivity contribution < 1.29 is 13.2 Å². The quantitative estimate of drug-likeness (QED) is 0.630. The van der Waals surface area contributed by atoms with Crippen LogP contribution in [0.1, 0.15) is 54.6 Å². The summed E-state index contributed by atoms with van der Waals surface area (Å²) in [4.78, 5) is 15.8. The number of aliphatic imine (C=N–C) groups is 1. The van der Waals surface area contributed by atoms with Gasteiger partial charge in [0.25, 0.3) is 5.91 Å². The van der Waals surface area contributed by atoms with Crippen molar-refractivity contribution in [2.75, 3.05) is 6.26 Å². The standard InChI is InChI=1S/C15H23N3O3S/c1-5-9(3)11-7-10(6-2)12(14(19)18-15(16)17)8-13(11)22(4,20)21/h7-9H,5-6H2,1-4H3,(H4,16,17,18,19). The minimum absolute atomic E-state index is 0.0715. The fourth-order valence-corrected chi connectivity index (χ4v) is 3.26. The number of aryl methyl sites for hydroxylation is 1. The molecule has 0 saturated heterocycles. The molecular formula is C15H23N3O3S. The Hall–Kier alpha value is -1.89. The molecule has 1 rings (SSSR count). The van der Waals surface area contributed by atoms with Crippen LogP contribution >= 0.6 is 0 Å². The molecule has 1 amide bonds. The van der Waals surface area contributed by atoms with Crippen molar-refractivity contribution in [3.8, 4) is 0 Å². The highest BCUT2D eigenvalue weighted by Gasteiger charge is 2.22. The first-order valence-corrected chi connectivity index (χ1v) is 9.01. The van der Waals surface area contributed by atoms with Crippen LogP contribution in [0, 0.1) is 0 Å². The molecule has 1 aromatic carbocycles. The van der Waals surface area contributed by atoms with Crippen molar-refractivity contribution in [3.05, 3.63) is 28.8 Å². The third-order valence-electron chi connectivity index (χ3n) is 3.62. The van der Waals surface area contributed by atoms with Gasteiger partial charge >= 0.3 is 0 Å². The van der Waals surface area contributed by atoms with Crippen LogP contribution in [0.5, 0.6) is 0 Å². The number of benzene rings is 1. The van der Waals surface area contributed by atoms with E-state index in [0.29, 0.717) is 6.42 Å². The normalized spacial score (nSPS) is 12.7. The number of sulfone groups is 1. The molecule has 6 nitrogen and oxygen atoms in total. The Balaban J connectivity index is 3.68. The molecule has 0 aliphatic carbocycles. The summed E-state index contributed by atoms with van der Waals surface area (Å²) in [5.41, 5.74) is 12.2. The molecule has 0 aliphatic heterocycles. The lowest BCUT2D eigenvalue weighted by Gasteiger charge is -2.17. The molecule has 1 unspecified atom stereocenters. The maximum absolute atomic E-state index is 12.1. The van der Waals surface area contributed by atoms with Gasteiger partial charge in [-0.2, -0.15) is 4.99 Å². The molecule has 1 atom stereocenters. The summed E-state index contributed by atoms with van der Waals surface area (Å²) in [6, 6.07) is 3.17. The smallest absolute Gasteiger partial charge is 0.280 e. The van der Waals surface area contributed by atoms with E-state index in [1.165, 1.54) is 6.07 Å². The number of nitrogens with two attached hydrogens (primary N) is 2. The Kier molecular flexibility index (Phi) is 5.71. The fourth-order valence-electron chi connectivity index (χ4n) is 2.24. The number of carbonyl (C=O) groups excluding carboxylic acids is 1. The van der Waals surface area contributed by atoms with Gasteiger partial charge in [0.05, 0.1) is 4.90 Å². The molecule has 0 radical (unpaired) electrons. The van der Waals surface area contributed by atoms with E-state index < -0.39 is 15.7 Å². The zero-order valence-corrected chi connectivity index (χ0v) is 14.2. The van der Waals surface area contributed by atoms with Crippen LogP contribution in [0.25, 0.3) is 0 Å². The van der Waals surface area contributed by atoms with Crippen LogP contribution in [-0.4, -0.2) is 26.5 Å². The molecule has 0 heterocycles. The second-order valence-electron chi connectivity index (χ2n) is 5.32. The minimum Gasteiger partial charge on any atom is -0.370 e. The second kappa shape index (κ2) is 6.91. The molecule has 0 bridgehead atoms. The first-order chi connectivity index (χ1) is 10.1. The zero-order valence-electron chi connectivity index (χ0n) is 13.4. The summed E-state index contributed by atoms with van der Waals surface area (Å²) >= 11 is 0. The lowest BCUT2D eigenvalue weighted by Crippen LogP contribution is -2.24. The van der Waals surface area contributed by atoms with Gasteiger partial charge in [-0.15, -0.1) is 0 Å². The lowest BCUT2D eigenvalue weighted by atomic mass is 9.93. The number of nitrogens with zero attached hydrogens (tertiary/aromatic N) is 1. The Morgan fingerprint density at radius 1 is 1.27 bits per heavy atom. The number of amides is 1. The van der Waals surface area contributed by atoms with Gasteiger partial charge in [-0.05, 0) is 36.0 Å². The zero-order chi connectivity index (χ0) is 17.1. The highest BCUT2D eigenvalue weighted by molar-refractivity contribution is 7.90. The van der Waals surface area contributed by atoms with Gasteiger partial charge in [0.15, 0.2) is 15.8 Å². The summed E-state index contributed by atoms with van der Waals surface area (Å²) in [6.45, 7) is 5.84. The predicted molar refractivity (Wildman–Crippen MR) is 87.8 cm³/mol. The second-order valence-corrected chi connectivity index (χ2v) is 7.31. The topological polar surface area (TPSA) is 116 Å². The summed E-state index contributed by atoms with van der Waals surface area (Å²) in [6.07, 6.45) is 2.51. The highest BCUT2D eigenvalue weighted by Crippen LogP contribution is 2.30. The Morgan fingerprint density at radius 3 is 2.27 bits per heavy atom. The molecular weight excluding hydrogens is 302 g/mol. The number of rotatable bonds is 5. The van der Waals surface area contributed by atoms with Crippen LogP contribution in [0.15, 0.2) is 22.0 Å². The number of guanidine groups is 1. The highest BCUT2D eigenvalue weighted by atomic mass is 32.2. The van der Waals surface area contributed by atoms with Gasteiger partial charge in [0, 0.05) is 11.8 Å². The van der Waals surface area contributed by atoms with E-state index >= 15 is 0 Å². The van der Waals surface area contributed by atoms with E-state index in [2.05, 4.69) is 4.99 Å². The molecule has 4 N–H and O–H groups in total. The molecule has 0 spiro atoms. The van der Waals surface area contributed by atoms with Crippen LogP contribution in [0.3, 0.4) is 0 Å². The van der Waals surface area contributed by atoms with Gasteiger partial charge in [-0.1, -0.05) is 26.8 Å². The van der Waals surface area contributed by atoms with Crippen molar-refractivity contribution >= 4 is 21.7 Å². The Bertz CT molecular complexity index is 705. The molecule has 22 heavy (non-hydrogen) atoms. The molecule has 0 saturated carbocycles. The third kappa shape index (κ3) is 4.07. The van der Waals surface area contributed by atoms with Gasteiger partial charge in [-0.25, -0.2) is 8.42 Å². The molecule has 7 heteroatoms. The van der Waals surface area contributed by atoms with Gasteiger partial charge < -0.3 is 11.5 Å². The monoisotopic (exact) mass is 325 g/mol. The third-order valence-corrected chi connectivity index (χ3v) is 4.77. The average molecular weight is 325 g/mol. The SMILES string of the molecule is CCc1cc(C(C)CC)c(S(C)(=O)=O)cc1C(=O)N=C(N)N. The number of hydrogen-bond acceptors (Lipinski definition) is 3. The minimum atomic E-state index is -3.46. The maximum atomic E-state index is 12.1. The van der Waals surface area contributed by atoms with E-state index in [9.17, 15) is 13.2 Å². The van der Waals surface area contributed by atoms with Gasteiger partial charge in [-0.3, -0.25) is 4.79 Å². The predicted octanol–water partition coefficient (Wildman–Crippen LogP) is 1.58. The van der Waals surface area contributed by atoms with Gasteiger partial charge in [0.1, 0.15) is 0 Å². The molecule has 1 aromatic rings. The molecule has 0 aromatic heterocycles. The van der Waals surface area contributed by atoms with Crippen molar-refractivity contribution in [2.24, 2.45) is 16.5 Å². The first-order valence-electron chi connectivity index (χ1n) is 7.12. The lowest BCUT2D eigenvalue weighted by molar-refractivity contribution is 0.100. The summed E-state index contributed by atoms with van der Waals surface area (Å²) < 4.78 is 24.1. The van der Waals surface area contributed by atoms with Crippen molar-refractivity contribution in [1.29, 1.82) is 0 Å². The van der Waals surface area contributed by atoms with E-state index in [1.54, 1.807) is 6.07 Å². The van der Waals surface area contributed by atoms with Crippen molar-refractivity contribution in [3.63, 3.8) is 0 Å². The van der Waals surface area contributed by atoms with E-state index in [-0.39, 0.29) is 22.3 Å². The van der Waals surface area contributed by atoms with Crippen LogP contribution in [0.2, 0.25) is 0 Å². The summed E-state index contributed by atoms with van der Waals surface area (Å²) in [5, 5.41) is 0. The summed E-state index contributed by atoms with van der Waals surface area (Å²) in [5.74, 6) is -0.904. The van der Waals surface area contributed by atoms with Gasteiger partial charge in [0.2, 0.25) is 0 Å². The number of hydrogen-bond donors (Lipinski definition) is 2. The largest absolute Gasteiger partial charge is 0.370 e. The maximum Gasteiger partial charge on any atom is 0.280 e. The van der Waals surface area contributed by atoms with Crippen LogP contribution in [0.4, 0.5) is 0 Å². The molecule has 0 aliphatic rings. The Morgan fingerprint density at radius 2 is 1.86 bits per heavy atom. The average Bonchev–Trinajstić information content (AvgIpc) is 2.43. The van der Waals surface area contributed by atoms with E-state index in [4.69, 9.17) is 11.5 Å². The van der Waals surface area contributed by atoms with Crippen LogP contribution in [-0.2, 0) is 16.3 Å².